The molecular weight excluding hydrogens is 186 g/mol. The zero-order chi connectivity index (χ0) is 11.1. The maximum Gasteiger partial charge on any atom is 0.0736 e. The summed E-state index contributed by atoms with van der Waals surface area (Å²) in [5.41, 5.74) is 1.13. The van der Waals surface area contributed by atoms with Gasteiger partial charge in [0.2, 0.25) is 0 Å². The van der Waals surface area contributed by atoms with Gasteiger partial charge in [-0.3, -0.25) is 0 Å². The van der Waals surface area contributed by atoms with E-state index in [0.29, 0.717) is 0 Å². The Morgan fingerprint density at radius 2 is 1.93 bits per heavy atom. The van der Waals surface area contributed by atoms with Gasteiger partial charge in [0.05, 0.1) is 6.10 Å². The third kappa shape index (κ3) is 5.35. The van der Waals surface area contributed by atoms with Crippen molar-refractivity contribution in [2.75, 3.05) is 20.6 Å². The molecule has 0 saturated carbocycles. The maximum absolute atomic E-state index is 9.65. The summed E-state index contributed by atoms with van der Waals surface area (Å²) in [5.74, 6) is 0. The van der Waals surface area contributed by atoms with E-state index in [9.17, 15) is 5.11 Å². The second kappa shape index (κ2) is 6.38. The van der Waals surface area contributed by atoms with E-state index < -0.39 is 0 Å². The normalized spacial score (nSPS) is 13.6. The molecule has 1 N–H and O–H groups in total. The highest BCUT2D eigenvalue weighted by atomic mass is 16.3. The number of aliphatic hydroxyl groups excluding tert-OH is 1. The van der Waals surface area contributed by atoms with Crippen molar-refractivity contribution in [3.05, 3.63) is 42.0 Å². The van der Waals surface area contributed by atoms with Crippen molar-refractivity contribution < 1.29 is 5.11 Å². The number of rotatable bonds is 5. The van der Waals surface area contributed by atoms with Crippen LogP contribution in [0.4, 0.5) is 0 Å². The van der Waals surface area contributed by atoms with Gasteiger partial charge in [-0.2, -0.15) is 0 Å². The predicted molar refractivity (Wildman–Crippen MR) is 64.7 cm³/mol. The molecule has 2 heteroatoms. The van der Waals surface area contributed by atoms with Gasteiger partial charge in [0.25, 0.3) is 0 Å². The molecule has 82 valence electrons. The van der Waals surface area contributed by atoms with E-state index >= 15 is 0 Å². The van der Waals surface area contributed by atoms with Crippen molar-refractivity contribution in [2.45, 2.75) is 12.5 Å². The molecule has 15 heavy (non-hydrogen) atoms. The Labute approximate surface area is 91.9 Å². The fourth-order valence-electron chi connectivity index (χ4n) is 1.27. The van der Waals surface area contributed by atoms with Crippen LogP contribution in [0.15, 0.2) is 36.4 Å². The zero-order valence-electron chi connectivity index (χ0n) is 9.43. The van der Waals surface area contributed by atoms with Gasteiger partial charge in [0, 0.05) is 6.54 Å². The average molecular weight is 205 g/mol. The highest BCUT2D eigenvalue weighted by molar-refractivity contribution is 5.49. The zero-order valence-corrected chi connectivity index (χ0v) is 9.43. The van der Waals surface area contributed by atoms with E-state index in [0.717, 1.165) is 18.5 Å². The topological polar surface area (TPSA) is 23.5 Å². The fraction of sp³-hybridized carbons (Fsp3) is 0.385. The lowest BCUT2D eigenvalue weighted by Gasteiger charge is -2.11. The van der Waals surface area contributed by atoms with Crippen LogP contribution in [-0.4, -0.2) is 36.8 Å². The van der Waals surface area contributed by atoms with Crippen molar-refractivity contribution in [1.29, 1.82) is 0 Å². The molecule has 0 aliphatic rings. The highest BCUT2D eigenvalue weighted by Gasteiger charge is 1.99. The molecule has 0 aliphatic heterocycles. The molecule has 0 aliphatic carbocycles. The van der Waals surface area contributed by atoms with Gasteiger partial charge in [-0.15, -0.1) is 0 Å². The molecule has 1 aromatic carbocycles. The van der Waals surface area contributed by atoms with E-state index in [4.69, 9.17) is 0 Å². The Kier molecular flexibility index (Phi) is 5.08. The van der Waals surface area contributed by atoms with E-state index in [2.05, 4.69) is 4.90 Å². The summed E-state index contributed by atoms with van der Waals surface area (Å²) in [6.07, 6.45) is 4.22. The van der Waals surface area contributed by atoms with Gasteiger partial charge in [-0.1, -0.05) is 42.5 Å². The Morgan fingerprint density at radius 3 is 2.53 bits per heavy atom. The number of benzene rings is 1. The SMILES string of the molecule is CN(C)CCC(O)/C=C/c1ccccc1. The lowest BCUT2D eigenvalue weighted by Crippen LogP contribution is -2.17. The van der Waals surface area contributed by atoms with E-state index in [1.165, 1.54) is 0 Å². The Bertz CT molecular complexity index is 293. The molecule has 0 fully saturated rings. The van der Waals surface area contributed by atoms with Gasteiger partial charge in [0.1, 0.15) is 0 Å². The van der Waals surface area contributed by atoms with Crippen molar-refractivity contribution in [1.82, 2.24) is 4.90 Å². The van der Waals surface area contributed by atoms with Crippen molar-refractivity contribution >= 4 is 6.08 Å². The highest BCUT2D eigenvalue weighted by Crippen LogP contribution is 2.03. The molecule has 0 spiro atoms. The quantitative estimate of drug-likeness (QED) is 0.795. The lowest BCUT2D eigenvalue weighted by molar-refractivity contribution is 0.197. The second-order valence-corrected chi connectivity index (χ2v) is 3.93. The molecule has 1 unspecified atom stereocenters. The smallest absolute Gasteiger partial charge is 0.0736 e. The van der Waals surface area contributed by atoms with Crippen LogP contribution in [-0.2, 0) is 0 Å². The summed E-state index contributed by atoms with van der Waals surface area (Å²) < 4.78 is 0. The molecule has 0 saturated heterocycles. The van der Waals surface area contributed by atoms with Crippen LogP contribution in [0.1, 0.15) is 12.0 Å². The van der Waals surface area contributed by atoms with Gasteiger partial charge in [0.15, 0.2) is 0 Å². The summed E-state index contributed by atoms with van der Waals surface area (Å²) in [4.78, 5) is 2.07. The summed E-state index contributed by atoms with van der Waals surface area (Å²) >= 11 is 0. The molecule has 0 bridgehead atoms. The van der Waals surface area contributed by atoms with Crippen LogP contribution in [0.25, 0.3) is 6.08 Å². The van der Waals surface area contributed by atoms with Crippen LogP contribution in [0.5, 0.6) is 0 Å². The standard InChI is InChI=1S/C13H19NO/c1-14(2)11-10-13(15)9-8-12-6-4-3-5-7-12/h3-9,13,15H,10-11H2,1-2H3/b9-8+. The molecule has 0 heterocycles. The van der Waals surface area contributed by atoms with E-state index in [1.54, 1.807) is 0 Å². The largest absolute Gasteiger partial charge is 0.389 e. The van der Waals surface area contributed by atoms with Gasteiger partial charge in [-0.25, -0.2) is 0 Å². The number of aliphatic hydroxyl groups is 1. The molecule has 1 aromatic rings. The first-order chi connectivity index (χ1) is 7.18. The molecule has 0 aromatic heterocycles. The molecule has 1 rings (SSSR count). The molecule has 1 atom stereocenters. The summed E-state index contributed by atoms with van der Waals surface area (Å²) in [7, 11) is 4.02. The van der Waals surface area contributed by atoms with E-state index in [1.807, 2.05) is 56.6 Å². The van der Waals surface area contributed by atoms with Crippen LogP contribution in [0.3, 0.4) is 0 Å². The van der Waals surface area contributed by atoms with Gasteiger partial charge >= 0.3 is 0 Å². The predicted octanol–water partition coefficient (Wildman–Crippen LogP) is 2.01. The van der Waals surface area contributed by atoms with Crippen LogP contribution >= 0.6 is 0 Å². The first-order valence-corrected chi connectivity index (χ1v) is 5.24. The fourth-order valence-corrected chi connectivity index (χ4v) is 1.27. The number of nitrogens with zero attached hydrogens (tertiary/aromatic N) is 1. The van der Waals surface area contributed by atoms with Gasteiger partial charge < -0.3 is 10.0 Å². The summed E-state index contributed by atoms with van der Waals surface area (Å²) in [6.45, 7) is 0.903. The Balaban J connectivity index is 2.37. The Morgan fingerprint density at radius 1 is 1.27 bits per heavy atom. The second-order valence-electron chi connectivity index (χ2n) is 3.93. The minimum atomic E-state index is -0.354. The molecular formula is C13H19NO. The van der Waals surface area contributed by atoms with Crippen LogP contribution < -0.4 is 0 Å². The van der Waals surface area contributed by atoms with Gasteiger partial charge in [-0.05, 0) is 26.1 Å². The molecule has 0 amide bonds. The summed E-state index contributed by atoms with van der Waals surface area (Å²) in [5, 5.41) is 9.65. The average Bonchev–Trinajstić information content (AvgIpc) is 2.25. The van der Waals surface area contributed by atoms with Crippen molar-refractivity contribution in [3.63, 3.8) is 0 Å². The first kappa shape index (κ1) is 12.0. The van der Waals surface area contributed by atoms with Crippen molar-refractivity contribution in [3.8, 4) is 0 Å². The van der Waals surface area contributed by atoms with Crippen LogP contribution in [0.2, 0.25) is 0 Å². The minimum Gasteiger partial charge on any atom is -0.389 e. The Hall–Kier alpha value is -1.12. The van der Waals surface area contributed by atoms with Crippen molar-refractivity contribution in [2.24, 2.45) is 0 Å². The van der Waals surface area contributed by atoms with Crippen LogP contribution in [0, 0.1) is 0 Å². The third-order valence-corrected chi connectivity index (χ3v) is 2.18. The number of hydrogen-bond acceptors (Lipinski definition) is 2. The maximum atomic E-state index is 9.65. The lowest BCUT2D eigenvalue weighted by atomic mass is 10.1. The number of hydrogen-bond donors (Lipinski definition) is 1. The third-order valence-electron chi connectivity index (χ3n) is 2.18. The minimum absolute atomic E-state index is 0.354. The monoisotopic (exact) mass is 205 g/mol. The first-order valence-electron chi connectivity index (χ1n) is 5.24. The molecule has 2 nitrogen and oxygen atoms in total. The van der Waals surface area contributed by atoms with E-state index in [-0.39, 0.29) is 6.10 Å². The molecule has 0 radical (unpaired) electrons. The summed E-state index contributed by atoms with van der Waals surface area (Å²) in [6, 6.07) is 10.0.